The van der Waals surface area contributed by atoms with E-state index in [9.17, 15) is 0 Å². The minimum absolute atomic E-state index is 0.0411. The maximum Gasteiger partial charge on any atom is 0.131 e. The number of hydrogen-bond acceptors (Lipinski definition) is 2. The molecule has 0 heterocycles. The zero-order valence-electron chi connectivity index (χ0n) is 11.4. The molecule has 0 aliphatic heterocycles. The summed E-state index contributed by atoms with van der Waals surface area (Å²) >= 11 is 3.44. The molecule has 1 fully saturated rings. The molecule has 2 unspecified atom stereocenters. The fourth-order valence-corrected chi connectivity index (χ4v) is 3.57. The number of benzene rings is 1. The second-order valence-corrected chi connectivity index (χ2v) is 6.54. The highest BCUT2D eigenvalue weighted by Crippen LogP contribution is 2.33. The molecule has 0 aromatic heterocycles. The number of nitrogens with one attached hydrogen (secondary N) is 1. The van der Waals surface area contributed by atoms with Gasteiger partial charge in [0.05, 0.1) is 11.7 Å². The van der Waals surface area contributed by atoms with Gasteiger partial charge in [-0.25, -0.2) is 0 Å². The van der Waals surface area contributed by atoms with Gasteiger partial charge in [-0.1, -0.05) is 19.9 Å². The number of amidine groups is 1. The molecule has 4 heteroatoms. The molecule has 2 rings (SSSR count). The van der Waals surface area contributed by atoms with Gasteiger partial charge in [-0.05, 0) is 59.2 Å². The van der Waals surface area contributed by atoms with E-state index in [0.29, 0.717) is 23.1 Å². The second kappa shape index (κ2) is 5.95. The number of ether oxygens (including phenoxy) is 1. The van der Waals surface area contributed by atoms with E-state index >= 15 is 0 Å². The molecule has 3 nitrogen and oxygen atoms in total. The number of nitrogen functional groups attached to an aromatic ring is 1. The smallest absolute Gasteiger partial charge is 0.131 e. The van der Waals surface area contributed by atoms with Crippen molar-refractivity contribution in [2.24, 2.45) is 17.6 Å². The summed E-state index contributed by atoms with van der Waals surface area (Å²) < 4.78 is 6.93. The molecule has 0 saturated heterocycles. The van der Waals surface area contributed by atoms with Crippen molar-refractivity contribution in [2.45, 2.75) is 39.2 Å². The first-order valence-corrected chi connectivity index (χ1v) is 7.56. The van der Waals surface area contributed by atoms with Crippen LogP contribution < -0.4 is 10.5 Å². The van der Waals surface area contributed by atoms with Crippen molar-refractivity contribution in [3.63, 3.8) is 0 Å². The zero-order valence-corrected chi connectivity index (χ0v) is 13.0. The van der Waals surface area contributed by atoms with Crippen molar-refractivity contribution in [1.29, 1.82) is 5.41 Å². The average molecular weight is 325 g/mol. The van der Waals surface area contributed by atoms with Crippen molar-refractivity contribution >= 4 is 21.8 Å². The largest absolute Gasteiger partial charge is 0.490 e. The molecular weight excluding hydrogens is 304 g/mol. The van der Waals surface area contributed by atoms with Gasteiger partial charge in [-0.2, -0.15) is 0 Å². The number of rotatable bonds is 3. The van der Waals surface area contributed by atoms with E-state index in [1.807, 2.05) is 18.2 Å². The van der Waals surface area contributed by atoms with Crippen LogP contribution >= 0.6 is 15.9 Å². The van der Waals surface area contributed by atoms with E-state index in [4.69, 9.17) is 15.9 Å². The third-order valence-corrected chi connectivity index (χ3v) is 4.33. The molecule has 1 aliphatic rings. The third kappa shape index (κ3) is 3.50. The molecule has 0 bridgehead atoms. The monoisotopic (exact) mass is 324 g/mol. The minimum Gasteiger partial charge on any atom is -0.490 e. The molecule has 0 radical (unpaired) electrons. The third-order valence-electron chi connectivity index (χ3n) is 3.67. The van der Waals surface area contributed by atoms with Crippen molar-refractivity contribution in [3.8, 4) is 5.75 Å². The highest BCUT2D eigenvalue weighted by Gasteiger charge is 2.26. The highest BCUT2D eigenvalue weighted by molar-refractivity contribution is 9.10. The van der Waals surface area contributed by atoms with E-state index in [1.54, 1.807) is 0 Å². The molecular formula is C15H21BrN2O. The lowest BCUT2D eigenvalue weighted by atomic mass is 9.82. The average Bonchev–Trinajstić information content (AvgIpc) is 2.26. The molecule has 2 atom stereocenters. The molecule has 1 aliphatic carbocycles. The summed E-state index contributed by atoms with van der Waals surface area (Å²) in [6, 6.07) is 5.70. The Morgan fingerprint density at radius 3 is 2.47 bits per heavy atom. The first-order valence-electron chi connectivity index (χ1n) is 6.77. The van der Waals surface area contributed by atoms with Gasteiger partial charge < -0.3 is 10.5 Å². The predicted molar refractivity (Wildman–Crippen MR) is 81.8 cm³/mol. The van der Waals surface area contributed by atoms with Crippen LogP contribution in [0, 0.1) is 17.2 Å². The maximum atomic E-state index is 7.68. The van der Waals surface area contributed by atoms with Crippen LogP contribution in [-0.2, 0) is 0 Å². The first kappa shape index (κ1) is 14.4. The van der Waals surface area contributed by atoms with Crippen LogP contribution in [0.5, 0.6) is 5.75 Å². The highest BCUT2D eigenvalue weighted by atomic mass is 79.9. The fourth-order valence-electron chi connectivity index (χ4n) is 3.01. The molecule has 3 N–H and O–H groups in total. The lowest BCUT2D eigenvalue weighted by Crippen LogP contribution is -2.29. The van der Waals surface area contributed by atoms with E-state index in [2.05, 4.69) is 29.8 Å². The van der Waals surface area contributed by atoms with Crippen molar-refractivity contribution in [2.75, 3.05) is 0 Å². The summed E-state index contributed by atoms with van der Waals surface area (Å²) in [7, 11) is 0. The van der Waals surface area contributed by atoms with Crippen LogP contribution in [0.4, 0.5) is 0 Å². The van der Waals surface area contributed by atoms with Gasteiger partial charge in [0.1, 0.15) is 11.6 Å². The summed E-state index contributed by atoms with van der Waals surface area (Å²) in [4.78, 5) is 0. The minimum atomic E-state index is 0.0411. The standard InChI is InChI=1S/C15H21BrN2O/c1-9-6-10(2)8-11(7-9)19-13-5-3-4-12(16)14(13)15(17)18/h3-5,9-11H,6-8H2,1-2H3,(H3,17,18). The predicted octanol–water partition coefficient (Wildman–Crippen LogP) is 3.94. The lowest BCUT2D eigenvalue weighted by Gasteiger charge is -2.32. The molecule has 1 aromatic rings. The van der Waals surface area contributed by atoms with E-state index in [1.165, 1.54) is 6.42 Å². The van der Waals surface area contributed by atoms with Crippen LogP contribution in [0.3, 0.4) is 0 Å². The van der Waals surface area contributed by atoms with Gasteiger partial charge in [-0.15, -0.1) is 0 Å². The summed E-state index contributed by atoms with van der Waals surface area (Å²) in [6.07, 6.45) is 3.66. The maximum absolute atomic E-state index is 7.68. The SMILES string of the molecule is CC1CC(C)CC(Oc2cccc(Br)c2C(=N)N)C1. The molecule has 19 heavy (non-hydrogen) atoms. The van der Waals surface area contributed by atoms with Crippen LogP contribution in [0.1, 0.15) is 38.7 Å². The lowest BCUT2D eigenvalue weighted by molar-refractivity contribution is 0.101. The Kier molecular flexibility index (Phi) is 4.50. The Morgan fingerprint density at radius 2 is 1.89 bits per heavy atom. The molecule has 1 saturated carbocycles. The van der Waals surface area contributed by atoms with Crippen molar-refractivity contribution in [1.82, 2.24) is 0 Å². The van der Waals surface area contributed by atoms with E-state index in [0.717, 1.165) is 17.3 Å². The molecule has 104 valence electrons. The van der Waals surface area contributed by atoms with E-state index < -0.39 is 0 Å². The van der Waals surface area contributed by atoms with Gasteiger partial charge in [0, 0.05) is 4.47 Å². The van der Waals surface area contributed by atoms with Gasteiger partial charge in [-0.3, -0.25) is 5.41 Å². The summed E-state index contributed by atoms with van der Waals surface area (Å²) in [5.41, 5.74) is 6.31. The number of halogens is 1. The van der Waals surface area contributed by atoms with Gasteiger partial charge in [0.2, 0.25) is 0 Å². The Labute approximate surface area is 123 Å². The fraction of sp³-hybridized carbons (Fsp3) is 0.533. The van der Waals surface area contributed by atoms with Gasteiger partial charge in [0.25, 0.3) is 0 Å². The molecule has 0 spiro atoms. The second-order valence-electron chi connectivity index (χ2n) is 5.68. The van der Waals surface area contributed by atoms with Gasteiger partial charge >= 0.3 is 0 Å². The number of nitrogens with two attached hydrogens (primary N) is 1. The topological polar surface area (TPSA) is 59.1 Å². The number of hydrogen-bond donors (Lipinski definition) is 2. The van der Waals surface area contributed by atoms with Crippen LogP contribution in [-0.4, -0.2) is 11.9 Å². The van der Waals surface area contributed by atoms with Crippen LogP contribution in [0.25, 0.3) is 0 Å². The molecule has 1 aromatic carbocycles. The summed E-state index contributed by atoms with van der Waals surface area (Å²) in [5.74, 6) is 2.15. The zero-order chi connectivity index (χ0) is 14.0. The summed E-state index contributed by atoms with van der Waals surface area (Å²) in [6.45, 7) is 4.55. The van der Waals surface area contributed by atoms with E-state index in [-0.39, 0.29) is 11.9 Å². The first-order chi connectivity index (χ1) is 8.97. The van der Waals surface area contributed by atoms with Crippen molar-refractivity contribution in [3.05, 3.63) is 28.2 Å². The molecule has 0 amide bonds. The van der Waals surface area contributed by atoms with Crippen LogP contribution in [0.2, 0.25) is 0 Å². The van der Waals surface area contributed by atoms with Gasteiger partial charge in [0.15, 0.2) is 0 Å². The normalized spacial score (nSPS) is 27.0. The summed E-state index contributed by atoms with van der Waals surface area (Å²) in [5, 5.41) is 7.68. The van der Waals surface area contributed by atoms with Crippen molar-refractivity contribution < 1.29 is 4.74 Å². The Hall–Kier alpha value is -1.03. The Bertz CT molecular complexity index is 465. The Morgan fingerprint density at radius 1 is 1.26 bits per heavy atom. The quantitative estimate of drug-likeness (QED) is 0.653. The van der Waals surface area contributed by atoms with Crippen LogP contribution in [0.15, 0.2) is 22.7 Å². The Balaban J connectivity index is 2.19.